The minimum Gasteiger partial charge on any atom is -0.365 e. The van der Waals surface area contributed by atoms with E-state index in [1.807, 2.05) is 31.2 Å². The summed E-state index contributed by atoms with van der Waals surface area (Å²) in [6, 6.07) is 7.77. The van der Waals surface area contributed by atoms with E-state index in [9.17, 15) is 0 Å². The standard InChI is InChI=1S/C10H13N7/c1-7(13-12)9-5-3-2-4-8(9)6-17-15-10(11)14-16-17/h2-5H,6,12H2,1H3,(H2,11,15). The van der Waals surface area contributed by atoms with Crippen LogP contribution in [0.25, 0.3) is 0 Å². The molecule has 0 radical (unpaired) electrons. The van der Waals surface area contributed by atoms with Crippen LogP contribution >= 0.6 is 0 Å². The predicted octanol–water partition coefficient (Wildman–Crippen LogP) is -0.0137. The summed E-state index contributed by atoms with van der Waals surface area (Å²) < 4.78 is 0. The monoisotopic (exact) mass is 231 g/mol. The van der Waals surface area contributed by atoms with Gasteiger partial charge in [-0.3, -0.25) is 0 Å². The number of aromatic nitrogens is 4. The van der Waals surface area contributed by atoms with Crippen molar-refractivity contribution in [2.45, 2.75) is 13.5 Å². The zero-order valence-electron chi connectivity index (χ0n) is 9.41. The van der Waals surface area contributed by atoms with Gasteiger partial charge in [0.2, 0.25) is 0 Å². The van der Waals surface area contributed by atoms with E-state index in [2.05, 4.69) is 20.5 Å². The number of nitrogens with zero attached hydrogens (tertiary/aromatic N) is 5. The van der Waals surface area contributed by atoms with Crippen LogP contribution in [0.3, 0.4) is 0 Å². The van der Waals surface area contributed by atoms with Gasteiger partial charge in [-0.2, -0.15) is 9.90 Å². The van der Waals surface area contributed by atoms with E-state index in [0.717, 1.165) is 16.8 Å². The highest BCUT2D eigenvalue weighted by Gasteiger charge is 2.07. The molecule has 2 aromatic rings. The van der Waals surface area contributed by atoms with E-state index in [-0.39, 0.29) is 5.95 Å². The molecule has 7 nitrogen and oxygen atoms in total. The Balaban J connectivity index is 2.32. The van der Waals surface area contributed by atoms with Crippen LogP contribution in [0.4, 0.5) is 5.95 Å². The van der Waals surface area contributed by atoms with Gasteiger partial charge in [-0.15, -0.1) is 5.10 Å². The molecule has 17 heavy (non-hydrogen) atoms. The molecule has 0 amide bonds. The Bertz CT molecular complexity index is 543. The second kappa shape index (κ2) is 4.60. The molecule has 1 aromatic heterocycles. The van der Waals surface area contributed by atoms with Crippen LogP contribution in [0.15, 0.2) is 29.4 Å². The molecule has 0 atom stereocenters. The fourth-order valence-electron chi connectivity index (χ4n) is 1.56. The first-order chi connectivity index (χ1) is 8.20. The molecule has 0 aliphatic carbocycles. The van der Waals surface area contributed by atoms with Crippen molar-refractivity contribution in [2.75, 3.05) is 5.73 Å². The zero-order valence-corrected chi connectivity index (χ0v) is 9.41. The molecular weight excluding hydrogens is 218 g/mol. The lowest BCUT2D eigenvalue weighted by molar-refractivity contribution is 0.572. The average Bonchev–Trinajstić information content (AvgIpc) is 2.74. The second-order valence-electron chi connectivity index (χ2n) is 3.55. The minimum absolute atomic E-state index is 0.159. The van der Waals surface area contributed by atoms with Crippen molar-refractivity contribution in [3.8, 4) is 0 Å². The van der Waals surface area contributed by atoms with Crippen LogP contribution in [0.2, 0.25) is 0 Å². The Labute approximate surface area is 98.1 Å². The summed E-state index contributed by atoms with van der Waals surface area (Å²) in [5.41, 5.74) is 8.14. The number of hydrazone groups is 1. The third-order valence-corrected chi connectivity index (χ3v) is 2.38. The van der Waals surface area contributed by atoms with Crippen molar-refractivity contribution in [2.24, 2.45) is 10.9 Å². The van der Waals surface area contributed by atoms with Crippen LogP contribution in [0, 0.1) is 0 Å². The number of nitrogens with two attached hydrogens (primary N) is 2. The summed E-state index contributed by atoms with van der Waals surface area (Å²) >= 11 is 0. The van der Waals surface area contributed by atoms with Crippen LogP contribution in [0.5, 0.6) is 0 Å². The number of tetrazole rings is 1. The molecule has 0 saturated heterocycles. The van der Waals surface area contributed by atoms with Gasteiger partial charge in [0.25, 0.3) is 5.95 Å². The Kier molecular flexibility index (Phi) is 2.99. The Hall–Kier alpha value is -2.44. The molecule has 0 saturated carbocycles. The number of nitrogen functional groups attached to an aromatic ring is 1. The quantitative estimate of drug-likeness (QED) is 0.438. The lowest BCUT2D eigenvalue weighted by Gasteiger charge is -2.07. The van der Waals surface area contributed by atoms with E-state index >= 15 is 0 Å². The Morgan fingerprint density at radius 1 is 1.41 bits per heavy atom. The molecule has 0 fully saturated rings. The number of benzene rings is 1. The largest absolute Gasteiger partial charge is 0.365 e. The van der Waals surface area contributed by atoms with Gasteiger partial charge < -0.3 is 11.6 Å². The molecule has 88 valence electrons. The summed E-state index contributed by atoms with van der Waals surface area (Å²) in [6.45, 7) is 2.33. The topological polar surface area (TPSA) is 108 Å². The zero-order chi connectivity index (χ0) is 12.3. The van der Waals surface area contributed by atoms with Crippen molar-refractivity contribution >= 4 is 11.7 Å². The van der Waals surface area contributed by atoms with E-state index in [1.165, 1.54) is 4.80 Å². The first-order valence-corrected chi connectivity index (χ1v) is 5.06. The number of hydrogen-bond donors (Lipinski definition) is 2. The van der Waals surface area contributed by atoms with Crippen molar-refractivity contribution in [1.82, 2.24) is 20.2 Å². The average molecular weight is 231 g/mol. The Morgan fingerprint density at radius 3 is 2.82 bits per heavy atom. The highest BCUT2D eigenvalue weighted by atomic mass is 15.6. The van der Waals surface area contributed by atoms with E-state index in [4.69, 9.17) is 11.6 Å². The molecule has 0 aliphatic heterocycles. The van der Waals surface area contributed by atoms with Crippen molar-refractivity contribution < 1.29 is 0 Å². The van der Waals surface area contributed by atoms with Crippen LogP contribution < -0.4 is 11.6 Å². The fraction of sp³-hybridized carbons (Fsp3) is 0.200. The van der Waals surface area contributed by atoms with Crippen molar-refractivity contribution in [3.05, 3.63) is 35.4 Å². The van der Waals surface area contributed by atoms with Crippen LogP contribution in [-0.2, 0) is 6.54 Å². The van der Waals surface area contributed by atoms with E-state index < -0.39 is 0 Å². The van der Waals surface area contributed by atoms with E-state index in [0.29, 0.717) is 6.54 Å². The molecule has 1 heterocycles. The summed E-state index contributed by atoms with van der Waals surface area (Å²) in [5, 5.41) is 15.1. The first kappa shape index (κ1) is 11.1. The van der Waals surface area contributed by atoms with Crippen molar-refractivity contribution in [3.63, 3.8) is 0 Å². The summed E-state index contributed by atoms with van der Waals surface area (Å²) in [7, 11) is 0. The van der Waals surface area contributed by atoms with Crippen molar-refractivity contribution in [1.29, 1.82) is 0 Å². The number of anilines is 1. The van der Waals surface area contributed by atoms with Crippen LogP contribution in [-0.4, -0.2) is 25.9 Å². The third-order valence-electron chi connectivity index (χ3n) is 2.38. The SMILES string of the molecule is CC(=NN)c1ccccc1Cn1nnc(N)n1. The van der Waals surface area contributed by atoms with E-state index in [1.54, 1.807) is 0 Å². The molecule has 0 bridgehead atoms. The molecule has 1 aromatic carbocycles. The molecule has 7 heteroatoms. The van der Waals surface area contributed by atoms with Gasteiger partial charge in [0.1, 0.15) is 0 Å². The molecule has 2 rings (SSSR count). The van der Waals surface area contributed by atoms with Gasteiger partial charge in [-0.05, 0) is 17.7 Å². The lowest BCUT2D eigenvalue weighted by atomic mass is 10.0. The molecule has 4 N–H and O–H groups in total. The normalized spacial score (nSPS) is 11.7. The Morgan fingerprint density at radius 2 is 2.18 bits per heavy atom. The maximum Gasteiger partial charge on any atom is 0.260 e. The van der Waals surface area contributed by atoms with Gasteiger partial charge in [0.15, 0.2) is 0 Å². The first-order valence-electron chi connectivity index (χ1n) is 5.06. The summed E-state index contributed by atoms with van der Waals surface area (Å²) in [6.07, 6.45) is 0. The number of hydrogen-bond acceptors (Lipinski definition) is 6. The smallest absolute Gasteiger partial charge is 0.260 e. The number of rotatable bonds is 3. The minimum atomic E-state index is 0.159. The third kappa shape index (κ3) is 2.39. The second-order valence-corrected chi connectivity index (χ2v) is 3.55. The summed E-state index contributed by atoms with van der Waals surface area (Å²) in [5.74, 6) is 5.45. The van der Waals surface area contributed by atoms with Gasteiger partial charge in [-0.1, -0.05) is 29.4 Å². The highest BCUT2D eigenvalue weighted by Crippen LogP contribution is 2.11. The van der Waals surface area contributed by atoms with Gasteiger partial charge in [0, 0.05) is 5.56 Å². The predicted molar refractivity (Wildman–Crippen MR) is 64.2 cm³/mol. The van der Waals surface area contributed by atoms with Gasteiger partial charge in [-0.25, -0.2) is 0 Å². The maximum atomic E-state index is 5.41. The lowest BCUT2D eigenvalue weighted by Crippen LogP contribution is -2.10. The summed E-state index contributed by atoms with van der Waals surface area (Å²) in [4.78, 5) is 1.43. The van der Waals surface area contributed by atoms with Crippen LogP contribution in [0.1, 0.15) is 18.1 Å². The molecule has 0 aliphatic rings. The highest BCUT2D eigenvalue weighted by molar-refractivity contribution is 5.99. The maximum absolute atomic E-state index is 5.41. The van der Waals surface area contributed by atoms with Gasteiger partial charge in [0.05, 0.1) is 12.3 Å². The molecular formula is C10H13N7. The molecule has 0 spiro atoms. The molecule has 0 unspecified atom stereocenters. The fourth-order valence-corrected chi connectivity index (χ4v) is 1.56. The van der Waals surface area contributed by atoms with Gasteiger partial charge >= 0.3 is 0 Å².